The molecule has 56 heavy (non-hydrogen) atoms. The number of rotatable bonds is 13. The summed E-state index contributed by atoms with van der Waals surface area (Å²) in [7, 11) is 2.59. The number of H-pyrrole nitrogens is 1. The molecule has 1 aromatic carbocycles. The molecule has 0 bridgehead atoms. The molecule has 5 rings (SSSR count). The van der Waals surface area contributed by atoms with Crippen LogP contribution in [0.25, 0.3) is 26.7 Å². The quantitative estimate of drug-likeness (QED) is 0.138. The fourth-order valence-electron chi connectivity index (χ4n) is 7.41. The maximum Gasteiger partial charge on any atom is 0.407 e. The average molecular weight is 792 g/mol. The van der Waals surface area contributed by atoms with E-state index in [0.717, 1.165) is 63.8 Å². The van der Waals surface area contributed by atoms with E-state index < -0.39 is 24.3 Å². The number of aromatic amines is 1. The molecule has 4 heterocycles. The maximum absolute atomic E-state index is 13.6. The first-order chi connectivity index (χ1) is 26.9. The van der Waals surface area contributed by atoms with Crippen molar-refractivity contribution in [2.24, 2.45) is 11.8 Å². The Morgan fingerprint density at radius 3 is 1.93 bits per heavy atom. The summed E-state index contributed by atoms with van der Waals surface area (Å²) in [5.74, 6) is 0.335. The van der Waals surface area contributed by atoms with Crippen LogP contribution in [0.15, 0.2) is 48.7 Å². The van der Waals surface area contributed by atoms with E-state index in [9.17, 15) is 19.2 Å². The number of methoxy groups -OCH3 is 2. The van der Waals surface area contributed by atoms with Gasteiger partial charge in [0.05, 0.1) is 43.1 Å². The Hall–Kier alpha value is -4.85. The molecule has 4 amide bonds. The zero-order valence-electron chi connectivity index (χ0n) is 34.6. The van der Waals surface area contributed by atoms with Gasteiger partial charge in [-0.3, -0.25) is 9.59 Å². The van der Waals surface area contributed by atoms with Gasteiger partial charge in [0.1, 0.15) is 17.9 Å². The molecule has 1 unspecified atom stereocenters. The van der Waals surface area contributed by atoms with E-state index >= 15 is 0 Å². The van der Waals surface area contributed by atoms with E-state index in [0.29, 0.717) is 13.1 Å². The van der Waals surface area contributed by atoms with Crippen LogP contribution in [0.3, 0.4) is 0 Å². The zero-order valence-corrected chi connectivity index (χ0v) is 35.4. The van der Waals surface area contributed by atoms with Gasteiger partial charge in [0.2, 0.25) is 11.8 Å². The van der Waals surface area contributed by atoms with Crippen LogP contribution < -0.4 is 16.0 Å². The first-order valence-corrected chi connectivity index (χ1v) is 20.7. The summed E-state index contributed by atoms with van der Waals surface area (Å²) in [5.41, 5.74) is 4.01. The fraction of sp³-hybridized carbons (Fsp3) is 0.548. The second kappa shape index (κ2) is 20.4. The predicted molar refractivity (Wildman–Crippen MR) is 222 cm³/mol. The van der Waals surface area contributed by atoms with Gasteiger partial charge in [0.25, 0.3) is 0 Å². The first kappa shape index (κ1) is 43.9. The van der Waals surface area contributed by atoms with Crippen molar-refractivity contribution in [1.82, 2.24) is 35.7 Å². The number of amides is 4. The number of imidazole rings is 1. The molecule has 0 aliphatic carbocycles. The number of ether oxygens (including phenoxy) is 2. The second-order valence-corrected chi connectivity index (χ2v) is 15.8. The molecule has 2 aliphatic rings. The van der Waals surface area contributed by atoms with Gasteiger partial charge in [-0.25, -0.2) is 14.6 Å². The fourth-order valence-corrected chi connectivity index (χ4v) is 8.39. The molecule has 0 spiro atoms. The van der Waals surface area contributed by atoms with Crippen LogP contribution in [-0.4, -0.2) is 95.2 Å². The maximum atomic E-state index is 13.6. The van der Waals surface area contributed by atoms with Crippen LogP contribution in [0.2, 0.25) is 0 Å². The van der Waals surface area contributed by atoms with Gasteiger partial charge >= 0.3 is 12.2 Å². The number of thiophene rings is 1. The van der Waals surface area contributed by atoms with Crippen LogP contribution >= 0.6 is 11.3 Å². The first-order valence-electron chi connectivity index (χ1n) is 19.8. The Morgan fingerprint density at radius 2 is 1.36 bits per heavy atom. The summed E-state index contributed by atoms with van der Waals surface area (Å²) in [6, 6.07) is 11.1. The Bertz CT molecular complexity index is 1800. The number of carbonyl (C=O) groups is 4. The van der Waals surface area contributed by atoms with E-state index in [-0.39, 0.29) is 41.8 Å². The topological polar surface area (TPSA) is 158 Å². The predicted octanol–water partition coefficient (Wildman–Crippen LogP) is 7.59. The van der Waals surface area contributed by atoms with Gasteiger partial charge in [-0.15, -0.1) is 11.3 Å². The number of nitrogens with zero attached hydrogens (tertiary/aromatic N) is 3. The highest BCUT2D eigenvalue weighted by molar-refractivity contribution is 7.18. The van der Waals surface area contributed by atoms with Gasteiger partial charge in [-0.05, 0) is 74.6 Å². The van der Waals surface area contributed by atoms with Crippen molar-refractivity contribution < 1.29 is 28.7 Å². The van der Waals surface area contributed by atoms with Crippen molar-refractivity contribution in [2.45, 2.75) is 111 Å². The van der Waals surface area contributed by atoms with Crippen LogP contribution in [0.4, 0.5) is 9.59 Å². The minimum atomic E-state index is -0.684. The number of hydrogen-bond acceptors (Lipinski definition) is 9. The van der Waals surface area contributed by atoms with Crippen molar-refractivity contribution in [2.75, 3.05) is 27.3 Å². The second-order valence-electron chi connectivity index (χ2n) is 14.7. The van der Waals surface area contributed by atoms with Gasteiger partial charge in [-0.2, -0.15) is 0 Å². The summed E-state index contributed by atoms with van der Waals surface area (Å²) in [5, 5.41) is 9.10. The molecule has 3 aromatic rings. The minimum absolute atomic E-state index is 0.0160. The molecule has 13 nitrogen and oxygen atoms in total. The normalized spacial score (nSPS) is 18.5. The number of hydrogen-bond donors (Lipinski definition) is 4. The number of alkyl carbamates (subject to hydrolysis) is 2. The lowest BCUT2D eigenvalue weighted by molar-refractivity contribution is -0.136. The highest BCUT2D eigenvalue weighted by Crippen LogP contribution is 2.37. The van der Waals surface area contributed by atoms with Gasteiger partial charge in [0, 0.05) is 29.7 Å². The van der Waals surface area contributed by atoms with Crippen molar-refractivity contribution in [3.8, 4) is 21.0 Å². The molecule has 5 atom stereocenters. The highest BCUT2D eigenvalue weighted by atomic mass is 32.1. The van der Waals surface area contributed by atoms with Gasteiger partial charge < -0.3 is 40.2 Å². The molecule has 4 N–H and O–H groups in total. The summed E-state index contributed by atoms with van der Waals surface area (Å²) >= 11 is 1.66. The smallest absolute Gasteiger partial charge is 0.407 e. The van der Waals surface area contributed by atoms with Crippen LogP contribution in [0.5, 0.6) is 0 Å². The van der Waals surface area contributed by atoms with Crippen molar-refractivity contribution >= 4 is 41.0 Å². The number of benzene rings is 1. The van der Waals surface area contributed by atoms with Gasteiger partial charge in [-0.1, -0.05) is 71.9 Å². The van der Waals surface area contributed by atoms with E-state index in [4.69, 9.17) is 14.5 Å². The van der Waals surface area contributed by atoms with E-state index in [2.05, 4.69) is 70.3 Å². The molecule has 2 aromatic heterocycles. The molecule has 2 fully saturated rings. The van der Waals surface area contributed by atoms with Crippen LogP contribution in [-0.2, 0) is 19.1 Å². The summed E-state index contributed by atoms with van der Waals surface area (Å²) < 4.78 is 9.54. The Kier molecular flexibility index (Phi) is 15.9. The number of allylic oxidation sites excluding steroid dienone is 1. The molecular weight excluding hydrogens is 731 g/mol. The summed E-state index contributed by atoms with van der Waals surface area (Å²) in [4.78, 5) is 65.1. The third-order valence-electron chi connectivity index (χ3n) is 10.4. The number of likely N-dealkylation sites (tertiary alicyclic amines) is 2. The van der Waals surface area contributed by atoms with Crippen molar-refractivity contribution in [1.29, 1.82) is 0 Å². The molecule has 2 saturated heterocycles. The van der Waals surface area contributed by atoms with Crippen molar-refractivity contribution in [3.05, 3.63) is 60.1 Å². The minimum Gasteiger partial charge on any atom is -0.453 e. The van der Waals surface area contributed by atoms with Gasteiger partial charge in [0.15, 0.2) is 0 Å². The SMILES string of the molecule is C/C=C(\NC(C)[C@@H]1CCCN1C(=O)[C@@H](NC(=O)OC)C(C)C)c1ccc(-c2ccc(-c3cnc([C@@H]4CCCN4C(=O)[C@@H](NC(=O)OC)C(C)C)[nH]3)s2)cc1.CC. The lowest BCUT2D eigenvalue weighted by atomic mass is 10.0. The largest absolute Gasteiger partial charge is 0.453 e. The third-order valence-corrected chi connectivity index (χ3v) is 11.6. The molecule has 14 heteroatoms. The average Bonchev–Trinajstić information content (AvgIpc) is 4.04. The van der Waals surface area contributed by atoms with E-state index in [1.54, 1.807) is 11.3 Å². The summed E-state index contributed by atoms with van der Waals surface area (Å²) in [6.07, 6.45) is 6.07. The van der Waals surface area contributed by atoms with Crippen molar-refractivity contribution in [3.63, 3.8) is 0 Å². The Labute approximate surface area is 336 Å². The van der Waals surface area contributed by atoms with Crippen LogP contribution in [0.1, 0.15) is 98.5 Å². The Balaban J connectivity index is 0.00000342. The zero-order chi connectivity index (χ0) is 41.1. The number of aromatic nitrogens is 2. The summed E-state index contributed by atoms with van der Waals surface area (Å²) in [6.45, 7) is 17.0. The number of nitrogens with one attached hydrogen (secondary N) is 4. The molecule has 306 valence electrons. The lowest BCUT2D eigenvalue weighted by Crippen LogP contribution is -2.55. The highest BCUT2D eigenvalue weighted by Gasteiger charge is 2.39. The molecule has 0 radical (unpaired) electrons. The third kappa shape index (κ3) is 10.3. The number of carbonyl (C=O) groups excluding carboxylic acids is 4. The molecule has 2 aliphatic heterocycles. The molecular formula is C42H61N7O6S. The van der Waals surface area contributed by atoms with Crippen LogP contribution in [0, 0.1) is 11.8 Å². The Morgan fingerprint density at radius 1 is 0.804 bits per heavy atom. The molecule has 0 saturated carbocycles. The monoisotopic (exact) mass is 791 g/mol. The standard InChI is InChI=1S/C40H55N7O6S.C2H6/c1-9-28(42-25(6)30-12-10-20-46(30)37(48)34(23(2)3)44-39(50)52-7)26-14-16-27(17-15-26)32-18-19-33(54-32)29-22-41-36(43-29)31-13-11-21-47(31)38(49)35(24(4)5)45-40(51)53-8;1-2/h9,14-19,22-25,30-31,34-35,42H,10-13,20-21H2,1-8H3,(H,41,43)(H,44,50)(H,45,51);1-2H3/b28-9-;/t25?,30-,31-,34-,35-;/m0./s1. The van der Waals surface area contributed by atoms with E-state index in [1.165, 1.54) is 14.2 Å². The van der Waals surface area contributed by atoms with E-state index in [1.807, 2.05) is 64.5 Å². The lowest BCUT2D eigenvalue weighted by Gasteiger charge is -2.34.